The minimum absolute atomic E-state index is 0.0878. The Hall–Kier alpha value is -0.620. The van der Waals surface area contributed by atoms with Crippen LogP contribution >= 0.6 is 0 Å². The number of aliphatic hydroxyl groups is 1. The minimum atomic E-state index is -3.27. The molecular formula is C8H15NO4S. The Balaban J connectivity index is 2.60. The second-order valence-corrected chi connectivity index (χ2v) is 5.78. The summed E-state index contributed by atoms with van der Waals surface area (Å²) in [4.78, 5) is 12.9. The number of hydrogen-bond donors (Lipinski definition) is 1. The molecule has 1 fully saturated rings. The fourth-order valence-corrected chi connectivity index (χ4v) is 2.28. The first-order chi connectivity index (χ1) is 6.44. The number of likely N-dealkylation sites (tertiary alicyclic amines) is 1. The zero-order chi connectivity index (χ0) is 10.8. The summed E-state index contributed by atoms with van der Waals surface area (Å²) in [5.41, 5.74) is 0. The van der Waals surface area contributed by atoms with Crippen LogP contribution in [0.25, 0.3) is 0 Å². The summed E-state index contributed by atoms with van der Waals surface area (Å²) in [5, 5.41) is 8.94. The summed E-state index contributed by atoms with van der Waals surface area (Å²) < 4.78 is 21.8. The van der Waals surface area contributed by atoms with E-state index in [9.17, 15) is 13.2 Å². The molecule has 1 saturated heterocycles. The van der Waals surface area contributed by atoms with Crippen molar-refractivity contribution in [3.8, 4) is 0 Å². The zero-order valence-corrected chi connectivity index (χ0v) is 8.96. The molecule has 1 heterocycles. The fourth-order valence-electron chi connectivity index (χ4n) is 1.66. The van der Waals surface area contributed by atoms with Gasteiger partial charge in [0.1, 0.15) is 5.75 Å². The average molecular weight is 221 g/mol. The van der Waals surface area contributed by atoms with Gasteiger partial charge in [0.15, 0.2) is 9.84 Å². The van der Waals surface area contributed by atoms with E-state index in [2.05, 4.69) is 0 Å². The van der Waals surface area contributed by atoms with E-state index < -0.39 is 21.5 Å². The molecule has 6 heteroatoms. The van der Waals surface area contributed by atoms with Crippen LogP contribution < -0.4 is 0 Å². The zero-order valence-electron chi connectivity index (χ0n) is 8.14. The van der Waals surface area contributed by atoms with Crippen LogP contribution in [0.3, 0.4) is 0 Å². The van der Waals surface area contributed by atoms with Crippen LogP contribution in [-0.2, 0) is 14.6 Å². The van der Waals surface area contributed by atoms with Gasteiger partial charge in [0.05, 0.1) is 12.6 Å². The molecule has 0 radical (unpaired) electrons. The fraction of sp³-hybridized carbons (Fsp3) is 0.875. The molecule has 0 bridgehead atoms. The summed E-state index contributed by atoms with van der Waals surface area (Å²) in [6, 6.07) is -0.191. The molecule has 0 saturated carbocycles. The Labute approximate surface area is 83.6 Å². The first kappa shape index (κ1) is 11.5. The van der Waals surface area contributed by atoms with E-state index >= 15 is 0 Å². The molecule has 82 valence electrons. The van der Waals surface area contributed by atoms with Crippen molar-refractivity contribution < 1.29 is 18.3 Å². The number of nitrogens with zero attached hydrogens (tertiary/aromatic N) is 1. The number of sulfone groups is 1. The van der Waals surface area contributed by atoms with E-state index in [1.54, 1.807) is 0 Å². The maximum absolute atomic E-state index is 11.5. The smallest absolute Gasteiger partial charge is 0.238 e. The van der Waals surface area contributed by atoms with Crippen molar-refractivity contribution in [1.29, 1.82) is 0 Å². The highest BCUT2D eigenvalue weighted by Gasteiger charge is 2.29. The Morgan fingerprint density at radius 3 is 2.71 bits per heavy atom. The van der Waals surface area contributed by atoms with Crippen molar-refractivity contribution in [2.45, 2.75) is 18.9 Å². The molecule has 0 spiro atoms. The number of hydrogen-bond acceptors (Lipinski definition) is 4. The standard InChI is InChI=1S/C8H15NO4S/c1-14(12,13)6-8(11)9-4-2-3-7(9)5-10/h7,10H,2-6H2,1H3. The van der Waals surface area contributed by atoms with Gasteiger partial charge in [-0.3, -0.25) is 4.79 Å². The SMILES string of the molecule is CS(=O)(=O)CC(=O)N1CCCC1CO. The highest BCUT2D eigenvalue weighted by Crippen LogP contribution is 2.16. The van der Waals surface area contributed by atoms with E-state index in [4.69, 9.17) is 5.11 Å². The van der Waals surface area contributed by atoms with Gasteiger partial charge in [0, 0.05) is 12.8 Å². The topological polar surface area (TPSA) is 74.7 Å². The number of carbonyl (C=O) groups excluding carboxylic acids is 1. The van der Waals surface area contributed by atoms with E-state index in [0.29, 0.717) is 6.54 Å². The van der Waals surface area contributed by atoms with Gasteiger partial charge in [-0.25, -0.2) is 8.42 Å². The molecule has 5 nitrogen and oxygen atoms in total. The molecule has 0 aliphatic carbocycles. The molecule has 1 aliphatic heterocycles. The number of aliphatic hydroxyl groups excluding tert-OH is 1. The van der Waals surface area contributed by atoms with Crippen molar-refractivity contribution in [2.75, 3.05) is 25.2 Å². The normalized spacial score (nSPS) is 22.7. The van der Waals surface area contributed by atoms with E-state index in [1.807, 2.05) is 0 Å². The third-order valence-corrected chi connectivity index (χ3v) is 3.07. The van der Waals surface area contributed by atoms with Crippen LogP contribution in [0.15, 0.2) is 0 Å². The van der Waals surface area contributed by atoms with Crippen molar-refractivity contribution in [3.63, 3.8) is 0 Å². The lowest BCUT2D eigenvalue weighted by molar-refractivity contribution is -0.129. The first-order valence-corrected chi connectivity index (χ1v) is 6.58. The van der Waals surface area contributed by atoms with Gasteiger partial charge in [-0.1, -0.05) is 0 Å². The van der Waals surface area contributed by atoms with Gasteiger partial charge >= 0.3 is 0 Å². The highest BCUT2D eigenvalue weighted by atomic mass is 32.2. The summed E-state index contributed by atoms with van der Waals surface area (Å²) in [7, 11) is -3.27. The number of rotatable bonds is 3. The molecule has 1 N–H and O–H groups in total. The predicted octanol–water partition coefficient (Wildman–Crippen LogP) is -0.986. The predicted molar refractivity (Wildman–Crippen MR) is 51.5 cm³/mol. The van der Waals surface area contributed by atoms with Crippen molar-refractivity contribution in [1.82, 2.24) is 4.90 Å². The summed E-state index contributed by atoms with van der Waals surface area (Å²) in [6.45, 7) is 0.467. The molecule has 0 aromatic heterocycles. The quantitative estimate of drug-likeness (QED) is 0.664. The largest absolute Gasteiger partial charge is 0.394 e. The van der Waals surface area contributed by atoms with Gasteiger partial charge in [-0.2, -0.15) is 0 Å². The first-order valence-electron chi connectivity index (χ1n) is 4.52. The second-order valence-electron chi connectivity index (χ2n) is 3.64. The van der Waals surface area contributed by atoms with Crippen LogP contribution in [0.4, 0.5) is 0 Å². The van der Waals surface area contributed by atoms with Gasteiger partial charge in [-0.05, 0) is 12.8 Å². The summed E-state index contributed by atoms with van der Waals surface area (Å²) in [6.07, 6.45) is 2.63. The van der Waals surface area contributed by atoms with Crippen LogP contribution in [0.5, 0.6) is 0 Å². The van der Waals surface area contributed by atoms with Gasteiger partial charge in [0.25, 0.3) is 0 Å². The average Bonchev–Trinajstić information content (AvgIpc) is 2.47. The number of carbonyl (C=O) groups is 1. The Kier molecular flexibility index (Phi) is 3.49. The molecule has 1 atom stereocenters. The molecule has 0 aromatic rings. The Morgan fingerprint density at radius 2 is 2.21 bits per heavy atom. The van der Waals surface area contributed by atoms with Crippen LogP contribution in [0.2, 0.25) is 0 Å². The maximum Gasteiger partial charge on any atom is 0.238 e. The molecular weight excluding hydrogens is 206 g/mol. The summed E-state index contributed by atoms with van der Waals surface area (Å²) in [5.74, 6) is -0.854. The monoisotopic (exact) mass is 221 g/mol. The molecule has 0 aromatic carbocycles. The third-order valence-electron chi connectivity index (χ3n) is 2.29. The van der Waals surface area contributed by atoms with Crippen molar-refractivity contribution in [2.24, 2.45) is 0 Å². The summed E-state index contributed by atoms with van der Waals surface area (Å²) >= 11 is 0. The van der Waals surface area contributed by atoms with Crippen molar-refractivity contribution >= 4 is 15.7 Å². The van der Waals surface area contributed by atoms with Crippen LogP contribution in [0, 0.1) is 0 Å². The van der Waals surface area contributed by atoms with Crippen LogP contribution in [-0.4, -0.2) is 55.5 Å². The lowest BCUT2D eigenvalue weighted by Crippen LogP contribution is -2.40. The molecule has 1 rings (SSSR count). The Morgan fingerprint density at radius 1 is 1.57 bits per heavy atom. The Bertz CT molecular complexity index is 311. The van der Waals surface area contributed by atoms with E-state index in [-0.39, 0.29) is 12.6 Å². The van der Waals surface area contributed by atoms with E-state index in [0.717, 1.165) is 19.1 Å². The molecule has 1 amide bonds. The lowest BCUT2D eigenvalue weighted by Gasteiger charge is -2.22. The van der Waals surface area contributed by atoms with Gasteiger partial charge in [-0.15, -0.1) is 0 Å². The van der Waals surface area contributed by atoms with Crippen molar-refractivity contribution in [3.05, 3.63) is 0 Å². The van der Waals surface area contributed by atoms with E-state index in [1.165, 1.54) is 4.90 Å². The van der Waals surface area contributed by atoms with Gasteiger partial charge < -0.3 is 10.0 Å². The molecule has 1 aliphatic rings. The lowest BCUT2D eigenvalue weighted by atomic mass is 10.2. The van der Waals surface area contributed by atoms with Gasteiger partial charge in [0.2, 0.25) is 5.91 Å². The second kappa shape index (κ2) is 4.27. The van der Waals surface area contributed by atoms with Crippen LogP contribution in [0.1, 0.15) is 12.8 Å². The molecule has 14 heavy (non-hydrogen) atoms. The molecule has 1 unspecified atom stereocenters. The maximum atomic E-state index is 11.5. The highest BCUT2D eigenvalue weighted by molar-refractivity contribution is 7.91. The minimum Gasteiger partial charge on any atom is -0.394 e. The third kappa shape index (κ3) is 2.95. The number of amides is 1.